The van der Waals surface area contributed by atoms with Crippen LogP contribution in [0.2, 0.25) is 0 Å². The van der Waals surface area contributed by atoms with Gasteiger partial charge in [-0.1, -0.05) is 12.8 Å². The molecule has 1 aliphatic rings. The van der Waals surface area contributed by atoms with E-state index in [2.05, 4.69) is 28.8 Å². The molecular weight excluding hydrogens is 218 g/mol. The van der Waals surface area contributed by atoms with Gasteiger partial charge in [-0.15, -0.1) is 0 Å². The number of hydrogen-bond donors (Lipinski definition) is 1. The summed E-state index contributed by atoms with van der Waals surface area (Å²) in [5.74, 6) is 0.484. The number of hydrogen-bond acceptors (Lipinski definition) is 3. The molecule has 1 aromatic heterocycles. The van der Waals surface area contributed by atoms with Crippen LogP contribution in [0.15, 0.2) is 16.8 Å². The molecule has 1 heterocycles. The summed E-state index contributed by atoms with van der Waals surface area (Å²) in [5, 5.41) is 14.2. The molecule has 2 unspecified atom stereocenters. The van der Waals surface area contributed by atoms with E-state index >= 15 is 0 Å². The predicted octanol–water partition coefficient (Wildman–Crippen LogP) is 2.73. The lowest BCUT2D eigenvalue weighted by atomic mass is 9.86. The van der Waals surface area contributed by atoms with E-state index in [0.29, 0.717) is 5.92 Å². The summed E-state index contributed by atoms with van der Waals surface area (Å²) in [7, 11) is 2.15. The fraction of sp³-hybridized carbons (Fsp3) is 0.692. The van der Waals surface area contributed by atoms with Crippen molar-refractivity contribution in [3.63, 3.8) is 0 Å². The molecule has 3 heteroatoms. The number of aliphatic hydroxyl groups is 1. The summed E-state index contributed by atoms with van der Waals surface area (Å²) in [6, 6.07) is 2.18. The molecule has 16 heavy (non-hydrogen) atoms. The Morgan fingerprint density at radius 2 is 2.25 bits per heavy atom. The highest BCUT2D eigenvalue weighted by molar-refractivity contribution is 7.07. The molecule has 2 rings (SSSR count). The summed E-state index contributed by atoms with van der Waals surface area (Å²) >= 11 is 1.75. The van der Waals surface area contributed by atoms with Crippen molar-refractivity contribution >= 4 is 11.3 Å². The van der Waals surface area contributed by atoms with Crippen LogP contribution in [0.5, 0.6) is 0 Å². The minimum absolute atomic E-state index is 0.0707. The lowest BCUT2D eigenvalue weighted by Crippen LogP contribution is -2.34. The van der Waals surface area contributed by atoms with Crippen LogP contribution < -0.4 is 0 Å². The Labute approximate surface area is 102 Å². The molecular formula is C13H21NOS. The Hall–Kier alpha value is -0.380. The van der Waals surface area contributed by atoms with E-state index in [-0.39, 0.29) is 6.10 Å². The van der Waals surface area contributed by atoms with Gasteiger partial charge in [0.25, 0.3) is 0 Å². The number of nitrogens with zero attached hydrogens (tertiary/aromatic N) is 1. The van der Waals surface area contributed by atoms with E-state index in [1.165, 1.54) is 24.8 Å². The number of thiophene rings is 1. The van der Waals surface area contributed by atoms with E-state index < -0.39 is 0 Å². The van der Waals surface area contributed by atoms with E-state index in [4.69, 9.17) is 0 Å². The molecule has 0 radical (unpaired) electrons. The SMILES string of the molecule is CN(Cc1ccsc1)CC1CCCCC1O. The molecule has 0 spiro atoms. The van der Waals surface area contributed by atoms with Crippen LogP contribution in [-0.4, -0.2) is 29.7 Å². The maximum atomic E-state index is 9.92. The van der Waals surface area contributed by atoms with Gasteiger partial charge in [-0.05, 0) is 48.2 Å². The minimum Gasteiger partial charge on any atom is -0.393 e. The van der Waals surface area contributed by atoms with Crippen molar-refractivity contribution < 1.29 is 5.11 Å². The Morgan fingerprint density at radius 3 is 2.94 bits per heavy atom. The van der Waals surface area contributed by atoms with Crippen LogP contribution >= 0.6 is 11.3 Å². The molecule has 2 atom stereocenters. The molecule has 1 fully saturated rings. The molecule has 0 amide bonds. The van der Waals surface area contributed by atoms with Crippen molar-refractivity contribution in [3.8, 4) is 0 Å². The fourth-order valence-electron chi connectivity index (χ4n) is 2.56. The smallest absolute Gasteiger partial charge is 0.0580 e. The van der Waals surface area contributed by atoms with Gasteiger partial charge in [-0.3, -0.25) is 0 Å². The Morgan fingerprint density at radius 1 is 1.44 bits per heavy atom. The molecule has 1 aliphatic carbocycles. The van der Waals surface area contributed by atoms with E-state index in [9.17, 15) is 5.11 Å². The van der Waals surface area contributed by atoms with Crippen molar-refractivity contribution in [2.75, 3.05) is 13.6 Å². The largest absolute Gasteiger partial charge is 0.393 e. The van der Waals surface area contributed by atoms with Crippen molar-refractivity contribution in [1.82, 2.24) is 4.90 Å². The van der Waals surface area contributed by atoms with Gasteiger partial charge in [0.15, 0.2) is 0 Å². The standard InChI is InChI=1S/C13H21NOS/c1-14(8-11-6-7-16-10-11)9-12-4-2-3-5-13(12)15/h6-7,10,12-13,15H,2-5,8-9H2,1H3. The highest BCUT2D eigenvalue weighted by atomic mass is 32.1. The van der Waals surface area contributed by atoms with Crippen LogP contribution in [-0.2, 0) is 6.54 Å². The van der Waals surface area contributed by atoms with Crippen molar-refractivity contribution in [2.45, 2.75) is 38.3 Å². The summed E-state index contributed by atoms with van der Waals surface area (Å²) in [5.41, 5.74) is 1.39. The predicted molar refractivity (Wildman–Crippen MR) is 68.6 cm³/mol. The molecule has 1 saturated carbocycles. The lowest BCUT2D eigenvalue weighted by molar-refractivity contribution is 0.0502. The molecule has 0 aromatic carbocycles. The van der Waals surface area contributed by atoms with Crippen LogP contribution in [0, 0.1) is 5.92 Å². The van der Waals surface area contributed by atoms with Gasteiger partial charge < -0.3 is 10.0 Å². The molecule has 0 saturated heterocycles. The average Bonchev–Trinajstić information content (AvgIpc) is 2.74. The quantitative estimate of drug-likeness (QED) is 0.873. The number of aliphatic hydroxyl groups excluding tert-OH is 1. The first kappa shape index (κ1) is 12.1. The third-order valence-corrected chi connectivity index (χ3v) is 4.18. The highest BCUT2D eigenvalue weighted by Crippen LogP contribution is 2.25. The first-order chi connectivity index (χ1) is 7.75. The van der Waals surface area contributed by atoms with E-state index in [1.54, 1.807) is 11.3 Å². The molecule has 0 bridgehead atoms. The maximum absolute atomic E-state index is 9.92. The van der Waals surface area contributed by atoms with Gasteiger partial charge in [-0.2, -0.15) is 11.3 Å². The maximum Gasteiger partial charge on any atom is 0.0580 e. The summed E-state index contributed by atoms with van der Waals surface area (Å²) in [6.07, 6.45) is 4.60. The monoisotopic (exact) mass is 239 g/mol. The highest BCUT2D eigenvalue weighted by Gasteiger charge is 2.23. The second kappa shape index (κ2) is 5.80. The Kier molecular flexibility index (Phi) is 4.38. The van der Waals surface area contributed by atoms with Gasteiger partial charge in [-0.25, -0.2) is 0 Å². The zero-order valence-corrected chi connectivity index (χ0v) is 10.7. The molecule has 0 aliphatic heterocycles. The Balaban J connectivity index is 1.79. The third kappa shape index (κ3) is 3.30. The number of rotatable bonds is 4. The topological polar surface area (TPSA) is 23.5 Å². The van der Waals surface area contributed by atoms with Gasteiger partial charge in [0.1, 0.15) is 0 Å². The molecule has 1 aromatic rings. The first-order valence-electron chi connectivity index (χ1n) is 6.13. The van der Waals surface area contributed by atoms with Gasteiger partial charge >= 0.3 is 0 Å². The fourth-order valence-corrected chi connectivity index (χ4v) is 3.22. The summed E-state index contributed by atoms with van der Waals surface area (Å²) < 4.78 is 0. The van der Waals surface area contributed by atoms with Crippen molar-refractivity contribution in [1.29, 1.82) is 0 Å². The zero-order valence-electron chi connectivity index (χ0n) is 9.93. The van der Waals surface area contributed by atoms with Crippen molar-refractivity contribution in [2.24, 2.45) is 5.92 Å². The minimum atomic E-state index is -0.0707. The van der Waals surface area contributed by atoms with Crippen LogP contribution in [0.25, 0.3) is 0 Å². The zero-order chi connectivity index (χ0) is 11.4. The lowest BCUT2D eigenvalue weighted by Gasteiger charge is -2.31. The first-order valence-corrected chi connectivity index (χ1v) is 7.07. The second-order valence-electron chi connectivity index (χ2n) is 4.94. The second-order valence-corrected chi connectivity index (χ2v) is 5.72. The van der Waals surface area contributed by atoms with Crippen LogP contribution in [0.3, 0.4) is 0 Å². The summed E-state index contributed by atoms with van der Waals surface area (Å²) in [4.78, 5) is 2.33. The molecule has 1 N–H and O–H groups in total. The van der Waals surface area contributed by atoms with Gasteiger partial charge in [0.05, 0.1) is 6.10 Å². The normalized spacial score (nSPS) is 26.2. The average molecular weight is 239 g/mol. The third-order valence-electron chi connectivity index (χ3n) is 3.45. The molecule has 2 nitrogen and oxygen atoms in total. The van der Waals surface area contributed by atoms with Crippen molar-refractivity contribution in [3.05, 3.63) is 22.4 Å². The van der Waals surface area contributed by atoms with Gasteiger partial charge in [0, 0.05) is 13.1 Å². The van der Waals surface area contributed by atoms with Crippen LogP contribution in [0.4, 0.5) is 0 Å². The van der Waals surface area contributed by atoms with E-state index in [1.807, 2.05) is 0 Å². The molecule has 90 valence electrons. The Bertz CT molecular complexity index is 299. The van der Waals surface area contributed by atoms with Crippen LogP contribution in [0.1, 0.15) is 31.2 Å². The summed E-state index contributed by atoms with van der Waals surface area (Å²) in [6.45, 7) is 2.03. The van der Waals surface area contributed by atoms with Gasteiger partial charge in [0.2, 0.25) is 0 Å². The van der Waals surface area contributed by atoms with E-state index in [0.717, 1.165) is 19.5 Å².